The van der Waals surface area contributed by atoms with Crippen molar-refractivity contribution in [3.63, 3.8) is 0 Å². The number of carbonyl (C=O) groups is 2. The van der Waals surface area contributed by atoms with Gasteiger partial charge in [0.05, 0.1) is 24.6 Å². The molecule has 0 radical (unpaired) electrons. The lowest BCUT2D eigenvalue weighted by Crippen LogP contribution is -2.52. The third kappa shape index (κ3) is 7.73. The van der Waals surface area contributed by atoms with Gasteiger partial charge in [0, 0.05) is 19.4 Å². The minimum Gasteiger partial charge on any atom is -0.465 e. The fraction of sp³-hybridized carbons (Fsp3) is 0.879. The minimum absolute atomic E-state index is 0.000336. The molecule has 2 heterocycles. The molecule has 0 spiro atoms. The Morgan fingerprint density at radius 1 is 0.911 bits per heavy atom. The van der Waals surface area contributed by atoms with Gasteiger partial charge in [-0.3, -0.25) is 4.79 Å². The predicted octanol–water partition coefficient (Wildman–Crippen LogP) is 5.90. The standard InChI is InChI=1S/C33H52N6O6/c1-3-42-32-34-28-15-9-14-27(31(40)43-21(2)44-33(41)45-24-10-5-4-6-11-24)29(28)39(32)20-22-16-18-23(19-17-22)25-12-7-8-13-26(25)30-35-37-38-36-30/h21-29H,3-20H2,1-2H3,(H,35,36,37,38). The van der Waals surface area contributed by atoms with E-state index < -0.39 is 12.4 Å². The maximum Gasteiger partial charge on any atom is 0.511 e. The van der Waals surface area contributed by atoms with Crippen LogP contribution in [0.1, 0.15) is 128 Å². The fourth-order valence-corrected chi connectivity index (χ4v) is 8.98. The summed E-state index contributed by atoms with van der Waals surface area (Å²) in [6, 6.07) is 0.562. The van der Waals surface area contributed by atoms with Crippen LogP contribution in [0.25, 0.3) is 0 Å². The van der Waals surface area contributed by atoms with Crippen molar-refractivity contribution in [3.05, 3.63) is 5.82 Å². The topological polar surface area (TPSA) is 141 Å². The molecule has 250 valence electrons. The zero-order valence-electron chi connectivity index (χ0n) is 27.1. The second-order valence-electron chi connectivity index (χ2n) is 13.9. The summed E-state index contributed by atoms with van der Waals surface area (Å²) in [6.07, 6.45) is 15.3. The number of nitrogens with zero attached hydrogens (tertiary/aromatic N) is 5. The fourth-order valence-electron chi connectivity index (χ4n) is 8.98. The molecule has 4 aliphatic carbocycles. The van der Waals surface area contributed by atoms with Crippen LogP contribution in [0, 0.1) is 23.7 Å². The highest BCUT2D eigenvalue weighted by atomic mass is 16.8. The number of fused-ring (bicyclic) bond motifs is 1. The molecular formula is C33H52N6O6. The lowest BCUT2D eigenvalue weighted by Gasteiger charge is -2.42. The molecule has 6 rings (SSSR count). The van der Waals surface area contributed by atoms with Gasteiger partial charge in [-0.2, -0.15) is 5.21 Å². The van der Waals surface area contributed by atoms with E-state index in [2.05, 4.69) is 25.5 Å². The van der Waals surface area contributed by atoms with Gasteiger partial charge in [-0.05, 0) is 102 Å². The van der Waals surface area contributed by atoms with Crippen molar-refractivity contribution >= 4 is 18.1 Å². The number of aromatic nitrogens is 4. The van der Waals surface area contributed by atoms with E-state index in [4.69, 9.17) is 23.9 Å². The highest BCUT2D eigenvalue weighted by molar-refractivity contribution is 5.80. The molecule has 0 bridgehead atoms. The molecule has 12 heteroatoms. The normalized spacial score (nSPS) is 33.1. The third-order valence-corrected chi connectivity index (χ3v) is 11.1. The number of esters is 1. The maximum absolute atomic E-state index is 13.6. The van der Waals surface area contributed by atoms with E-state index in [1.165, 1.54) is 38.5 Å². The zero-order valence-corrected chi connectivity index (χ0v) is 27.1. The average molecular weight is 629 g/mol. The monoisotopic (exact) mass is 628 g/mol. The summed E-state index contributed by atoms with van der Waals surface area (Å²) in [5.74, 6) is 2.40. The van der Waals surface area contributed by atoms with Crippen molar-refractivity contribution in [1.82, 2.24) is 25.5 Å². The van der Waals surface area contributed by atoms with Crippen molar-refractivity contribution in [2.75, 3.05) is 13.2 Å². The van der Waals surface area contributed by atoms with Crippen LogP contribution >= 0.6 is 0 Å². The number of aromatic amines is 1. The molecule has 0 amide bonds. The van der Waals surface area contributed by atoms with Crippen LogP contribution in [0.2, 0.25) is 0 Å². The second-order valence-corrected chi connectivity index (χ2v) is 13.9. The van der Waals surface area contributed by atoms with Gasteiger partial charge in [-0.15, -0.1) is 10.2 Å². The number of nitrogens with one attached hydrogen (secondary N) is 1. The van der Waals surface area contributed by atoms with Gasteiger partial charge >= 0.3 is 12.1 Å². The summed E-state index contributed by atoms with van der Waals surface area (Å²) in [6.45, 7) is 4.93. The number of tetrazole rings is 1. The Morgan fingerprint density at radius 3 is 2.44 bits per heavy atom. The highest BCUT2D eigenvalue weighted by Gasteiger charge is 2.49. The molecule has 0 aromatic carbocycles. The number of hydrogen-bond donors (Lipinski definition) is 1. The van der Waals surface area contributed by atoms with Crippen LogP contribution in [0.4, 0.5) is 4.79 Å². The molecule has 0 saturated heterocycles. The lowest BCUT2D eigenvalue weighted by atomic mass is 9.66. The van der Waals surface area contributed by atoms with E-state index in [1.54, 1.807) is 6.92 Å². The van der Waals surface area contributed by atoms with Crippen LogP contribution in [0.5, 0.6) is 0 Å². The molecule has 5 aliphatic rings. The Kier molecular flexibility index (Phi) is 10.8. The van der Waals surface area contributed by atoms with Crippen LogP contribution in [-0.4, -0.2) is 81.3 Å². The number of carbonyl (C=O) groups excluding carboxylic acids is 2. The Balaban J connectivity index is 1.05. The quantitative estimate of drug-likeness (QED) is 0.259. The lowest BCUT2D eigenvalue weighted by molar-refractivity contribution is -0.177. The van der Waals surface area contributed by atoms with Crippen LogP contribution in [0.3, 0.4) is 0 Å². The van der Waals surface area contributed by atoms with E-state index >= 15 is 0 Å². The molecule has 4 saturated carbocycles. The number of H-pyrrole nitrogens is 1. The molecule has 1 aromatic heterocycles. The molecule has 6 unspecified atom stereocenters. The molecule has 6 atom stereocenters. The smallest absolute Gasteiger partial charge is 0.465 e. The van der Waals surface area contributed by atoms with E-state index in [9.17, 15) is 9.59 Å². The molecule has 1 aromatic rings. The Labute approximate surface area is 266 Å². The molecule has 4 fully saturated rings. The summed E-state index contributed by atoms with van der Waals surface area (Å²) >= 11 is 0. The summed E-state index contributed by atoms with van der Waals surface area (Å²) in [4.78, 5) is 33.2. The number of aliphatic imine (C=N–C) groups is 1. The van der Waals surface area contributed by atoms with Gasteiger partial charge < -0.3 is 23.8 Å². The highest BCUT2D eigenvalue weighted by Crippen LogP contribution is 2.47. The first-order valence-corrected chi connectivity index (χ1v) is 17.8. The largest absolute Gasteiger partial charge is 0.511 e. The number of amidine groups is 1. The summed E-state index contributed by atoms with van der Waals surface area (Å²) in [5, 5.41) is 15.2. The number of ether oxygens (including phenoxy) is 4. The maximum atomic E-state index is 13.6. The van der Waals surface area contributed by atoms with Gasteiger partial charge in [0.1, 0.15) is 6.10 Å². The molecule has 45 heavy (non-hydrogen) atoms. The van der Waals surface area contributed by atoms with E-state index in [0.717, 1.165) is 76.6 Å². The second kappa shape index (κ2) is 15.1. The first-order valence-electron chi connectivity index (χ1n) is 17.8. The van der Waals surface area contributed by atoms with Crippen molar-refractivity contribution in [2.45, 2.75) is 147 Å². The third-order valence-electron chi connectivity index (χ3n) is 11.1. The van der Waals surface area contributed by atoms with E-state index in [0.29, 0.717) is 36.3 Å². The van der Waals surface area contributed by atoms with Gasteiger partial charge in [0.2, 0.25) is 6.29 Å². The number of hydrogen-bond acceptors (Lipinski definition) is 11. The van der Waals surface area contributed by atoms with E-state index in [-0.39, 0.29) is 30.1 Å². The molecule has 12 nitrogen and oxygen atoms in total. The Bertz CT molecular complexity index is 1130. The van der Waals surface area contributed by atoms with Crippen molar-refractivity contribution in [2.24, 2.45) is 28.7 Å². The predicted molar refractivity (Wildman–Crippen MR) is 165 cm³/mol. The summed E-state index contributed by atoms with van der Waals surface area (Å²) in [7, 11) is 0. The van der Waals surface area contributed by atoms with Crippen LogP contribution in [0.15, 0.2) is 4.99 Å². The van der Waals surface area contributed by atoms with Crippen molar-refractivity contribution in [1.29, 1.82) is 0 Å². The van der Waals surface area contributed by atoms with Crippen LogP contribution in [-0.2, 0) is 23.7 Å². The van der Waals surface area contributed by atoms with Gasteiger partial charge in [0.25, 0.3) is 6.02 Å². The Morgan fingerprint density at radius 2 is 1.69 bits per heavy atom. The summed E-state index contributed by atoms with van der Waals surface area (Å²) in [5.41, 5.74) is 0. The van der Waals surface area contributed by atoms with Gasteiger partial charge in [-0.1, -0.05) is 30.9 Å². The Hall–Kier alpha value is -2.92. The molecule has 1 aliphatic heterocycles. The number of rotatable bonds is 9. The van der Waals surface area contributed by atoms with Gasteiger partial charge in [-0.25, -0.2) is 9.79 Å². The SMILES string of the molecule is CCOC1=NC2CCCC(C(=O)OC(C)OC(=O)OC3CCCCC3)C2N1CC1CCC(C2CCCCC2c2nn[nH]n2)CC1. The minimum atomic E-state index is -1.01. The molecule has 1 N–H and O–H groups in total. The zero-order chi connectivity index (χ0) is 31.2. The average Bonchev–Trinajstić information content (AvgIpc) is 3.71. The van der Waals surface area contributed by atoms with Crippen molar-refractivity contribution in [3.8, 4) is 0 Å². The molecular weight excluding hydrogens is 576 g/mol. The van der Waals surface area contributed by atoms with E-state index in [1.807, 2.05) is 6.92 Å². The van der Waals surface area contributed by atoms with Crippen LogP contribution < -0.4 is 0 Å². The summed E-state index contributed by atoms with van der Waals surface area (Å²) < 4.78 is 22.6. The van der Waals surface area contributed by atoms with Gasteiger partial charge in [0.15, 0.2) is 5.82 Å². The first kappa shape index (κ1) is 32.0. The first-order chi connectivity index (χ1) is 22.0. The van der Waals surface area contributed by atoms with Crippen molar-refractivity contribution < 1.29 is 28.5 Å².